The van der Waals surface area contributed by atoms with Gasteiger partial charge < -0.3 is 19.9 Å². The van der Waals surface area contributed by atoms with Crippen LogP contribution < -0.4 is 10.1 Å². The maximum absolute atomic E-state index is 13.5. The van der Waals surface area contributed by atoms with Crippen molar-refractivity contribution in [3.05, 3.63) is 65.7 Å². The topological polar surface area (TPSA) is 61.9 Å². The van der Waals surface area contributed by atoms with Crippen LogP contribution in [0.15, 0.2) is 48.5 Å². The largest absolute Gasteiger partial charge is 0.415 e. The van der Waals surface area contributed by atoms with Crippen molar-refractivity contribution in [2.45, 2.75) is 24.8 Å². The first kappa shape index (κ1) is 22.2. The van der Waals surface area contributed by atoms with E-state index in [1.807, 2.05) is 4.90 Å². The second kappa shape index (κ2) is 9.65. The highest BCUT2D eigenvalue weighted by Gasteiger charge is 2.42. The summed E-state index contributed by atoms with van der Waals surface area (Å²) in [5.41, 5.74) is 0.860. The van der Waals surface area contributed by atoms with E-state index in [4.69, 9.17) is 4.74 Å². The number of rotatable bonds is 4. The molecule has 2 amide bonds. The Labute approximate surface area is 186 Å². The van der Waals surface area contributed by atoms with Crippen LogP contribution in [-0.2, 0) is 4.79 Å². The Bertz CT molecular complexity index is 946. The van der Waals surface area contributed by atoms with Crippen LogP contribution in [0.3, 0.4) is 0 Å². The summed E-state index contributed by atoms with van der Waals surface area (Å²) in [6.45, 7) is 2.46. The number of ether oxygens (including phenoxy) is 1. The minimum absolute atomic E-state index is 0.0275. The summed E-state index contributed by atoms with van der Waals surface area (Å²) in [4.78, 5) is 29.3. The molecule has 0 bridgehead atoms. The number of amides is 2. The monoisotopic (exact) mass is 443 g/mol. The average molecular weight is 443 g/mol. The first-order valence-electron chi connectivity index (χ1n) is 10.9. The molecular formula is C24H27F2N3O3. The summed E-state index contributed by atoms with van der Waals surface area (Å²) in [6, 6.07) is 11.1. The fourth-order valence-electron chi connectivity index (χ4n) is 4.53. The minimum Gasteiger partial charge on any atom is -0.410 e. The average Bonchev–Trinajstić information content (AvgIpc) is 3.26. The van der Waals surface area contributed by atoms with Crippen LogP contribution in [0, 0.1) is 17.6 Å². The maximum Gasteiger partial charge on any atom is 0.415 e. The molecule has 0 saturated carbocycles. The van der Waals surface area contributed by atoms with Gasteiger partial charge >= 0.3 is 6.09 Å². The molecule has 6 nitrogen and oxygen atoms in total. The molecule has 2 aromatic rings. The number of carbonyl (C=O) groups is 2. The van der Waals surface area contributed by atoms with Crippen molar-refractivity contribution >= 4 is 12.0 Å². The fourth-order valence-corrected chi connectivity index (χ4v) is 4.53. The molecule has 0 aromatic heterocycles. The van der Waals surface area contributed by atoms with Crippen molar-refractivity contribution in [1.82, 2.24) is 15.1 Å². The summed E-state index contributed by atoms with van der Waals surface area (Å²) in [5.74, 6) is -0.622. The zero-order chi connectivity index (χ0) is 22.7. The summed E-state index contributed by atoms with van der Waals surface area (Å²) in [6.07, 6.45) is 0.998. The summed E-state index contributed by atoms with van der Waals surface area (Å²) >= 11 is 0. The van der Waals surface area contributed by atoms with E-state index in [1.54, 1.807) is 19.2 Å². The van der Waals surface area contributed by atoms with Crippen LogP contribution in [0.1, 0.15) is 24.3 Å². The van der Waals surface area contributed by atoms with Crippen LogP contribution in [0.25, 0.3) is 0 Å². The minimum atomic E-state index is -0.593. The number of likely N-dealkylation sites (N-methyl/N-ethyl adjacent to an activating group) is 1. The Kier molecular flexibility index (Phi) is 6.69. The third kappa shape index (κ3) is 4.91. The molecule has 0 unspecified atom stereocenters. The number of benzene rings is 2. The number of halogens is 2. The van der Waals surface area contributed by atoms with Crippen LogP contribution in [-0.4, -0.2) is 61.1 Å². The van der Waals surface area contributed by atoms with Gasteiger partial charge in [-0.1, -0.05) is 12.1 Å². The molecule has 2 heterocycles. The van der Waals surface area contributed by atoms with Crippen molar-refractivity contribution in [2.24, 2.45) is 5.92 Å². The van der Waals surface area contributed by atoms with E-state index >= 15 is 0 Å². The molecule has 0 aliphatic carbocycles. The Hall–Kier alpha value is -3.00. The van der Waals surface area contributed by atoms with E-state index in [0.717, 1.165) is 31.5 Å². The fraction of sp³-hybridized carbons (Fsp3) is 0.417. The van der Waals surface area contributed by atoms with E-state index in [2.05, 4.69) is 5.32 Å². The molecule has 8 heteroatoms. The molecule has 2 saturated heterocycles. The lowest BCUT2D eigenvalue weighted by Gasteiger charge is -2.29. The Morgan fingerprint density at radius 3 is 2.19 bits per heavy atom. The number of hydrogen-bond donors (Lipinski definition) is 1. The second-order valence-corrected chi connectivity index (χ2v) is 8.43. The van der Waals surface area contributed by atoms with Gasteiger partial charge in [-0.2, -0.15) is 0 Å². The van der Waals surface area contributed by atoms with Gasteiger partial charge in [-0.3, -0.25) is 4.79 Å². The first-order chi connectivity index (χ1) is 15.4. The van der Waals surface area contributed by atoms with Crippen molar-refractivity contribution in [2.75, 3.05) is 33.2 Å². The maximum atomic E-state index is 13.5. The van der Waals surface area contributed by atoms with Gasteiger partial charge in [-0.05, 0) is 67.9 Å². The van der Waals surface area contributed by atoms with Gasteiger partial charge in [-0.25, -0.2) is 13.6 Å². The molecule has 2 fully saturated rings. The van der Waals surface area contributed by atoms with Gasteiger partial charge in [0.1, 0.15) is 17.4 Å². The lowest BCUT2D eigenvalue weighted by molar-refractivity contribution is -0.135. The third-order valence-corrected chi connectivity index (χ3v) is 6.39. The molecular weight excluding hydrogens is 416 g/mol. The number of piperidine rings is 1. The van der Waals surface area contributed by atoms with Gasteiger partial charge in [0.25, 0.3) is 0 Å². The normalized spacial score (nSPS) is 21.4. The standard InChI is InChI=1S/C24H27F2N3O3/c1-28(24(31)32-20-8-6-19(26)7-9-20)22-15-29(23(30)17-10-12-27-13-11-17)14-21(22)16-2-4-18(25)5-3-16/h2-9,17,21-22,27H,10-15H2,1H3/t21-,22+/m0/s1. The number of nitrogens with zero attached hydrogens (tertiary/aromatic N) is 2. The predicted molar refractivity (Wildman–Crippen MR) is 115 cm³/mol. The molecule has 32 heavy (non-hydrogen) atoms. The molecule has 2 aliphatic rings. The Morgan fingerprint density at radius 1 is 0.969 bits per heavy atom. The number of likely N-dealkylation sites (tertiary alicyclic amines) is 1. The van der Waals surface area contributed by atoms with Gasteiger partial charge in [-0.15, -0.1) is 0 Å². The highest BCUT2D eigenvalue weighted by molar-refractivity contribution is 5.80. The number of carbonyl (C=O) groups excluding carboxylic acids is 2. The molecule has 2 aliphatic heterocycles. The van der Waals surface area contributed by atoms with E-state index in [0.29, 0.717) is 13.1 Å². The van der Waals surface area contributed by atoms with Crippen LogP contribution in [0.2, 0.25) is 0 Å². The van der Waals surface area contributed by atoms with Crippen molar-refractivity contribution < 1.29 is 23.1 Å². The van der Waals surface area contributed by atoms with E-state index in [9.17, 15) is 18.4 Å². The quantitative estimate of drug-likeness (QED) is 0.787. The molecule has 0 radical (unpaired) electrons. The molecule has 1 N–H and O–H groups in total. The number of hydrogen-bond acceptors (Lipinski definition) is 4. The molecule has 2 atom stereocenters. The molecule has 170 valence electrons. The van der Waals surface area contributed by atoms with Crippen LogP contribution in [0.5, 0.6) is 5.75 Å². The van der Waals surface area contributed by atoms with Crippen molar-refractivity contribution in [3.8, 4) is 5.75 Å². The van der Waals surface area contributed by atoms with Gasteiger partial charge in [0.05, 0.1) is 6.04 Å². The molecule has 0 spiro atoms. The highest BCUT2D eigenvalue weighted by Crippen LogP contribution is 2.33. The zero-order valence-electron chi connectivity index (χ0n) is 18.0. The zero-order valence-corrected chi connectivity index (χ0v) is 18.0. The van der Waals surface area contributed by atoms with Gasteiger partial charge in [0.2, 0.25) is 5.91 Å². The van der Waals surface area contributed by atoms with E-state index < -0.39 is 11.9 Å². The Balaban J connectivity index is 1.53. The van der Waals surface area contributed by atoms with Crippen LogP contribution in [0.4, 0.5) is 13.6 Å². The van der Waals surface area contributed by atoms with Crippen molar-refractivity contribution in [1.29, 1.82) is 0 Å². The molecule has 2 aromatic carbocycles. The highest BCUT2D eigenvalue weighted by atomic mass is 19.1. The van der Waals surface area contributed by atoms with Crippen LogP contribution >= 0.6 is 0 Å². The first-order valence-corrected chi connectivity index (χ1v) is 10.9. The van der Waals surface area contributed by atoms with Gasteiger partial charge in [0.15, 0.2) is 0 Å². The number of nitrogens with one attached hydrogen (secondary N) is 1. The summed E-state index contributed by atoms with van der Waals surface area (Å²) < 4.78 is 32.1. The lowest BCUT2D eigenvalue weighted by atomic mass is 9.93. The lowest BCUT2D eigenvalue weighted by Crippen LogP contribution is -2.44. The third-order valence-electron chi connectivity index (χ3n) is 6.39. The Morgan fingerprint density at radius 2 is 1.56 bits per heavy atom. The SMILES string of the molecule is CN(C(=O)Oc1ccc(F)cc1)[C@@H]1CN(C(=O)C2CCNCC2)C[C@H]1c1ccc(F)cc1. The molecule has 4 rings (SSSR count). The second-order valence-electron chi connectivity index (χ2n) is 8.43. The summed E-state index contributed by atoms with van der Waals surface area (Å²) in [7, 11) is 1.63. The van der Waals surface area contributed by atoms with Gasteiger partial charge in [0, 0.05) is 32.0 Å². The smallest absolute Gasteiger partial charge is 0.410 e. The van der Waals surface area contributed by atoms with E-state index in [1.165, 1.54) is 41.3 Å². The predicted octanol–water partition coefficient (Wildman–Crippen LogP) is 3.39. The van der Waals surface area contributed by atoms with E-state index in [-0.39, 0.29) is 35.4 Å². The van der Waals surface area contributed by atoms with Crippen molar-refractivity contribution in [3.63, 3.8) is 0 Å². The summed E-state index contributed by atoms with van der Waals surface area (Å²) in [5, 5.41) is 3.27.